The van der Waals surface area contributed by atoms with Crippen molar-refractivity contribution < 1.29 is 9.59 Å². The van der Waals surface area contributed by atoms with Crippen molar-refractivity contribution in [3.05, 3.63) is 12.2 Å². The first-order chi connectivity index (χ1) is 10.7. The maximum atomic E-state index is 12.5. The molecule has 2 amide bonds. The Morgan fingerprint density at radius 3 is 2.82 bits per heavy atom. The quantitative estimate of drug-likeness (QED) is 0.612. The SMILES string of the molecule is C#CCNC(=O)CN1CCCN(C(=O)[C@@H]2CC=CCC2)CC1. The van der Waals surface area contributed by atoms with Crippen LogP contribution in [-0.2, 0) is 9.59 Å². The van der Waals surface area contributed by atoms with E-state index in [0.29, 0.717) is 13.1 Å². The number of nitrogens with zero attached hydrogens (tertiary/aromatic N) is 2. The molecule has 1 saturated heterocycles. The van der Waals surface area contributed by atoms with Gasteiger partial charge in [-0.2, -0.15) is 0 Å². The molecule has 22 heavy (non-hydrogen) atoms. The molecule has 2 rings (SSSR count). The number of terminal acetylenes is 1. The van der Waals surface area contributed by atoms with Gasteiger partial charge in [-0.3, -0.25) is 14.5 Å². The van der Waals surface area contributed by atoms with Crippen molar-refractivity contribution in [3.63, 3.8) is 0 Å². The van der Waals surface area contributed by atoms with Crippen molar-refractivity contribution in [2.45, 2.75) is 25.7 Å². The predicted octanol–water partition coefficient (Wildman–Crippen LogP) is 0.626. The Morgan fingerprint density at radius 1 is 1.23 bits per heavy atom. The summed E-state index contributed by atoms with van der Waals surface area (Å²) in [7, 11) is 0. The minimum absolute atomic E-state index is 0.0462. The van der Waals surface area contributed by atoms with Gasteiger partial charge in [0.1, 0.15) is 0 Å². The third kappa shape index (κ3) is 4.88. The van der Waals surface area contributed by atoms with Crippen LogP contribution in [0.3, 0.4) is 0 Å². The molecule has 1 fully saturated rings. The lowest BCUT2D eigenvalue weighted by atomic mass is 9.93. The first-order valence-corrected chi connectivity index (χ1v) is 8.07. The number of rotatable bonds is 4. The van der Waals surface area contributed by atoms with Crippen LogP contribution in [0, 0.1) is 18.3 Å². The fourth-order valence-electron chi connectivity index (χ4n) is 3.03. The Kier molecular flexibility index (Phi) is 6.47. The average molecular weight is 303 g/mol. The topological polar surface area (TPSA) is 52.7 Å². The zero-order chi connectivity index (χ0) is 15.8. The number of allylic oxidation sites excluding steroid dienone is 2. The van der Waals surface area contributed by atoms with E-state index in [1.54, 1.807) is 0 Å². The van der Waals surface area contributed by atoms with Gasteiger partial charge in [-0.1, -0.05) is 18.1 Å². The Hall–Kier alpha value is -1.80. The van der Waals surface area contributed by atoms with E-state index in [9.17, 15) is 9.59 Å². The van der Waals surface area contributed by atoms with E-state index < -0.39 is 0 Å². The minimum Gasteiger partial charge on any atom is -0.344 e. The van der Waals surface area contributed by atoms with Crippen molar-refractivity contribution in [1.82, 2.24) is 15.1 Å². The van der Waals surface area contributed by atoms with Crippen molar-refractivity contribution in [2.24, 2.45) is 5.92 Å². The first kappa shape index (κ1) is 16.6. The molecule has 1 N–H and O–H groups in total. The van der Waals surface area contributed by atoms with Crippen LogP contribution < -0.4 is 5.32 Å². The highest BCUT2D eigenvalue weighted by Crippen LogP contribution is 2.21. The van der Waals surface area contributed by atoms with Gasteiger partial charge >= 0.3 is 0 Å². The predicted molar refractivity (Wildman–Crippen MR) is 86.0 cm³/mol. The Balaban J connectivity index is 1.79. The van der Waals surface area contributed by atoms with Gasteiger partial charge in [-0.15, -0.1) is 6.42 Å². The lowest BCUT2D eigenvalue weighted by molar-refractivity contribution is -0.135. The van der Waals surface area contributed by atoms with Crippen LogP contribution in [0.2, 0.25) is 0 Å². The zero-order valence-electron chi connectivity index (χ0n) is 13.1. The summed E-state index contributed by atoms with van der Waals surface area (Å²) in [4.78, 5) is 28.3. The fraction of sp³-hybridized carbons (Fsp3) is 0.647. The van der Waals surface area contributed by atoms with Gasteiger partial charge in [0.2, 0.25) is 11.8 Å². The van der Waals surface area contributed by atoms with E-state index in [1.165, 1.54) is 0 Å². The lowest BCUT2D eigenvalue weighted by Crippen LogP contribution is -2.41. The highest BCUT2D eigenvalue weighted by atomic mass is 16.2. The van der Waals surface area contributed by atoms with E-state index in [0.717, 1.165) is 45.3 Å². The maximum absolute atomic E-state index is 12.5. The summed E-state index contributed by atoms with van der Waals surface area (Å²) in [5, 5.41) is 2.68. The first-order valence-electron chi connectivity index (χ1n) is 8.07. The zero-order valence-corrected chi connectivity index (χ0v) is 13.1. The summed E-state index contributed by atoms with van der Waals surface area (Å²) in [6, 6.07) is 0. The number of nitrogens with one attached hydrogen (secondary N) is 1. The van der Waals surface area contributed by atoms with E-state index in [1.807, 2.05) is 4.90 Å². The van der Waals surface area contributed by atoms with E-state index in [2.05, 4.69) is 28.3 Å². The van der Waals surface area contributed by atoms with Crippen molar-refractivity contribution in [1.29, 1.82) is 0 Å². The standard InChI is InChI=1S/C17H25N3O2/c1-2-9-18-16(21)14-19-10-6-11-20(13-12-19)17(22)15-7-4-3-5-8-15/h1,3-4,15H,5-14H2,(H,18,21)/t15-/m1/s1. The number of carbonyl (C=O) groups is 2. The van der Waals surface area contributed by atoms with Crippen LogP contribution in [-0.4, -0.2) is 60.9 Å². The van der Waals surface area contributed by atoms with Crippen molar-refractivity contribution >= 4 is 11.8 Å². The summed E-state index contributed by atoms with van der Waals surface area (Å²) >= 11 is 0. The number of amides is 2. The van der Waals surface area contributed by atoms with Crippen LogP contribution >= 0.6 is 0 Å². The van der Waals surface area contributed by atoms with Gasteiger partial charge in [0.25, 0.3) is 0 Å². The molecular weight excluding hydrogens is 278 g/mol. The molecule has 0 radical (unpaired) electrons. The minimum atomic E-state index is -0.0462. The molecule has 1 atom stereocenters. The van der Waals surface area contributed by atoms with Crippen LogP contribution in [0.4, 0.5) is 0 Å². The molecule has 0 aromatic carbocycles. The second-order valence-electron chi connectivity index (χ2n) is 5.92. The summed E-state index contributed by atoms with van der Waals surface area (Å²) in [5.41, 5.74) is 0. The molecule has 2 aliphatic rings. The molecule has 0 spiro atoms. The van der Waals surface area contributed by atoms with Gasteiger partial charge < -0.3 is 10.2 Å². The summed E-state index contributed by atoms with van der Waals surface area (Å²) in [6.45, 7) is 3.72. The normalized spacial score (nSPS) is 22.7. The summed E-state index contributed by atoms with van der Waals surface area (Å²) < 4.78 is 0. The molecule has 0 aromatic heterocycles. The Labute approximate surface area is 132 Å². The van der Waals surface area contributed by atoms with Crippen LogP contribution in [0.1, 0.15) is 25.7 Å². The fourth-order valence-corrected chi connectivity index (χ4v) is 3.03. The number of hydrogen-bond acceptors (Lipinski definition) is 3. The largest absolute Gasteiger partial charge is 0.344 e. The monoisotopic (exact) mass is 303 g/mol. The van der Waals surface area contributed by atoms with Gasteiger partial charge in [0.05, 0.1) is 13.1 Å². The van der Waals surface area contributed by atoms with Crippen LogP contribution in [0.25, 0.3) is 0 Å². The molecule has 0 bridgehead atoms. The summed E-state index contributed by atoms with van der Waals surface area (Å²) in [5.74, 6) is 2.78. The third-order valence-corrected chi connectivity index (χ3v) is 4.27. The second kappa shape index (κ2) is 8.60. The Morgan fingerprint density at radius 2 is 2.09 bits per heavy atom. The average Bonchev–Trinajstić information content (AvgIpc) is 2.78. The molecule has 5 heteroatoms. The Bertz CT molecular complexity index is 467. The van der Waals surface area contributed by atoms with Gasteiger partial charge in [-0.05, 0) is 25.7 Å². The van der Waals surface area contributed by atoms with Gasteiger partial charge in [0, 0.05) is 32.1 Å². The molecule has 120 valence electrons. The number of hydrogen-bond donors (Lipinski definition) is 1. The molecule has 0 saturated carbocycles. The highest BCUT2D eigenvalue weighted by molar-refractivity contribution is 5.79. The molecule has 1 aliphatic carbocycles. The molecule has 1 heterocycles. The maximum Gasteiger partial charge on any atom is 0.234 e. The smallest absolute Gasteiger partial charge is 0.234 e. The molecule has 1 aliphatic heterocycles. The van der Waals surface area contributed by atoms with Gasteiger partial charge in [-0.25, -0.2) is 0 Å². The molecule has 0 unspecified atom stereocenters. The third-order valence-electron chi connectivity index (χ3n) is 4.27. The van der Waals surface area contributed by atoms with Crippen LogP contribution in [0.15, 0.2) is 12.2 Å². The van der Waals surface area contributed by atoms with Crippen molar-refractivity contribution in [3.8, 4) is 12.3 Å². The van der Waals surface area contributed by atoms with Gasteiger partial charge in [0.15, 0.2) is 0 Å². The molecular formula is C17H25N3O2. The number of carbonyl (C=O) groups excluding carboxylic acids is 2. The highest BCUT2D eigenvalue weighted by Gasteiger charge is 2.26. The van der Waals surface area contributed by atoms with Crippen LogP contribution in [0.5, 0.6) is 0 Å². The molecule has 0 aromatic rings. The lowest BCUT2D eigenvalue weighted by Gasteiger charge is -2.27. The molecule has 5 nitrogen and oxygen atoms in total. The second-order valence-corrected chi connectivity index (χ2v) is 5.92. The van der Waals surface area contributed by atoms with E-state index >= 15 is 0 Å². The van der Waals surface area contributed by atoms with E-state index in [-0.39, 0.29) is 24.3 Å². The summed E-state index contributed by atoms with van der Waals surface area (Å²) in [6.07, 6.45) is 13.2. The van der Waals surface area contributed by atoms with Crippen molar-refractivity contribution in [2.75, 3.05) is 39.3 Å². The van der Waals surface area contributed by atoms with E-state index in [4.69, 9.17) is 6.42 Å².